The van der Waals surface area contributed by atoms with Crippen molar-refractivity contribution in [2.75, 3.05) is 14.2 Å². The van der Waals surface area contributed by atoms with Crippen LogP contribution in [0.3, 0.4) is 0 Å². The molecule has 2 heteroatoms. The van der Waals surface area contributed by atoms with Gasteiger partial charge >= 0.3 is 0 Å². The zero-order chi connectivity index (χ0) is 13.1. The Bertz CT molecular complexity index is 411. The molecule has 0 amide bonds. The summed E-state index contributed by atoms with van der Waals surface area (Å²) in [6.45, 7) is 8.66. The molecule has 0 N–H and O–H groups in total. The summed E-state index contributed by atoms with van der Waals surface area (Å²) >= 11 is 0. The van der Waals surface area contributed by atoms with Crippen molar-refractivity contribution in [1.29, 1.82) is 0 Å². The van der Waals surface area contributed by atoms with Crippen LogP contribution in [0.2, 0.25) is 0 Å². The molecule has 0 atom stereocenters. The fourth-order valence-electron chi connectivity index (χ4n) is 1.59. The number of rotatable bonds is 3. The first kappa shape index (κ1) is 13.6. The molecule has 0 heterocycles. The van der Waals surface area contributed by atoms with Crippen molar-refractivity contribution < 1.29 is 9.47 Å². The molecule has 0 bridgehead atoms. The lowest BCUT2D eigenvalue weighted by molar-refractivity contribution is 0.353. The zero-order valence-corrected chi connectivity index (χ0v) is 11.6. The standard InChI is InChI=1S/C15H22O2/c1-11(15(2,3)4)14(17-6)12-8-7-9-13(10-12)16-5/h7-10H,1-6H3/b14-11-. The van der Waals surface area contributed by atoms with Gasteiger partial charge in [-0.1, -0.05) is 32.9 Å². The van der Waals surface area contributed by atoms with Gasteiger partial charge in [-0.15, -0.1) is 0 Å². The first-order chi connectivity index (χ1) is 7.90. The third-order valence-corrected chi connectivity index (χ3v) is 3.00. The van der Waals surface area contributed by atoms with Gasteiger partial charge in [0.1, 0.15) is 11.5 Å². The fraction of sp³-hybridized carbons (Fsp3) is 0.467. The van der Waals surface area contributed by atoms with Crippen LogP contribution in [0, 0.1) is 5.41 Å². The van der Waals surface area contributed by atoms with Crippen LogP contribution in [-0.4, -0.2) is 14.2 Å². The van der Waals surface area contributed by atoms with E-state index in [0.29, 0.717) is 0 Å². The number of allylic oxidation sites excluding steroid dienone is 1. The van der Waals surface area contributed by atoms with E-state index < -0.39 is 0 Å². The maximum atomic E-state index is 5.55. The van der Waals surface area contributed by atoms with E-state index in [-0.39, 0.29) is 5.41 Å². The van der Waals surface area contributed by atoms with E-state index in [1.807, 2.05) is 24.3 Å². The summed E-state index contributed by atoms with van der Waals surface area (Å²) in [5, 5.41) is 0. The van der Waals surface area contributed by atoms with Crippen LogP contribution < -0.4 is 4.74 Å². The zero-order valence-electron chi connectivity index (χ0n) is 11.6. The molecule has 1 aromatic rings. The molecule has 0 aromatic heterocycles. The van der Waals surface area contributed by atoms with E-state index in [1.165, 1.54) is 5.57 Å². The average molecular weight is 234 g/mol. The lowest BCUT2D eigenvalue weighted by atomic mass is 9.85. The topological polar surface area (TPSA) is 18.5 Å². The molecule has 0 spiro atoms. The van der Waals surface area contributed by atoms with Gasteiger partial charge in [0.2, 0.25) is 0 Å². The molecule has 0 aliphatic heterocycles. The van der Waals surface area contributed by atoms with Crippen LogP contribution in [-0.2, 0) is 4.74 Å². The number of methoxy groups -OCH3 is 2. The van der Waals surface area contributed by atoms with Gasteiger partial charge in [0, 0.05) is 5.56 Å². The predicted octanol–water partition coefficient (Wildman–Crippen LogP) is 4.12. The molecule has 0 aliphatic rings. The molecule has 94 valence electrons. The van der Waals surface area contributed by atoms with Crippen molar-refractivity contribution in [3.8, 4) is 5.75 Å². The second kappa shape index (κ2) is 5.26. The Labute approximate surface area is 104 Å². The third kappa shape index (κ3) is 3.26. The minimum absolute atomic E-state index is 0.0917. The van der Waals surface area contributed by atoms with Gasteiger partial charge in [-0.05, 0) is 30.0 Å². The highest BCUT2D eigenvalue weighted by Crippen LogP contribution is 2.33. The Morgan fingerprint density at radius 2 is 1.76 bits per heavy atom. The number of hydrogen-bond acceptors (Lipinski definition) is 2. The van der Waals surface area contributed by atoms with E-state index in [1.54, 1.807) is 14.2 Å². The minimum atomic E-state index is 0.0917. The van der Waals surface area contributed by atoms with Gasteiger partial charge in [0.05, 0.1) is 14.2 Å². The van der Waals surface area contributed by atoms with Crippen LogP contribution in [0.4, 0.5) is 0 Å². The van der Waals surface area contributed by atoms with E-state index in [9.17, 15) is 0 Å². The first-order valence-corrected chi connectivity index (χ1v) is 5.80. The molecular weight excluding hydrogens is 212 g/mol. The summed E-state index contributed by atoms with van der Waals surface area (Å²) in [5.41, 5.74) is 2.38. The van der Waals surface area contributed by atoms with Gasteiger partial charge in [0.25, 0.3) is 0 Å². The van der Waals surface area contributed by atoms with Crippen molar-refractivity contribution in [2.45, 2.75) is 27.7 Å². The molecule has 0 saturated heterocycles. The number of ether oxygens (including phenoxy) is 2. The van der Waals surface area contributed by atoms with Crippen molar-refractivity contribution in [2.24, 2.45) is 5.41 Å². The maximum absolute atomic E-state index is 5.55. The summed E-state index contributed by atoms with van der Waals surface area (Å²) in [7, 11) is 3.38. The normalized spacial score (nSPS) is 13.1. The van der Waals surface area contributed by atoms with Crippen LogP contribution in [0.1, 0.15) is 33.3 Å². The van der Waals surface area contributed by atoms with Gasteiger partial charge in [0.15, 0.2) is 0 Å². The van der Waals surface area contributed by atoms with E-state index in [4.69, 9.17) is 9.47 Å². The largest absolute Gasteiger partial charge is 0.497 e. The quantitative estimate of drug-likeness (QED) is 0.732. The minimum Gasteiger partial charge on any atom is -0.497 e. The van der Waals surface area contributed by atoms with E-state index >= 15 is 0 Å². The van der Waals surface area contributed by atoms with Crippen LogP contribution in [0.25, 0.3) is 5.76 Å². The Balaban J connectivity index is 3.27. The van der Waals surface area contributed by atoms with Crippen molar-refractivity contribution >= 4 is 5.76 Å². The van der Waals surface area contributed by atoms with Crippen LogP contribution in [0.15, 0.2) is 29.8 Å². The molecule has 2 nitrogen and oxygen atoms in total. The summed E-state index contributed by atoms with van der Waals surface area (Å²) in [5.74, 6) is 1.77. The highest BCUT2D eigenvalue weighted by molar-refractivity contribution is 5.65. The summed E-state index contributed by atoms with van der Waals surface area (Å²) in [6, 6.07) is 7.94. The molecule has 17 heavy (non-hydrogen) atoms. The van der Waals surface area contributed by atoms with Crippen molar-refractivity contribution in [3.05, 3.63) is 35.4 Å². The number of hydrogen-bond donors (Lipinski definition) is 0. The summed E-state index contributed by atoms with van der Waals surface area (Å²) in [6.07, 6.45) is 0. The Morgan fingerprint density at radius 1 is 1.12 bits per heavy atom. The Morgan fingerprint density at radius 3 is 2.24 bits per heavy atom. The van der Waals surface area contributed by atoms with Crippen LogP contribution >= 0.6 is 0 Å². The Hall–Kier alpha value is -1.44. The molecule has 0 fully saturated rings. The van der Waals surface area contributed by atoms with Gasteiger partial charge in [-0.3, -0.25) is 0 Å². The lowest BCUT2D eigenvalue weighted by Gasteiger charge is -2.23. The fourth-order valence-corrected chi connectivity index (χ4v) is 1.59. The highest BCUT2D eigenvalue weighted by Gasteiger charge is 2.19. The SMILES string of the molecule is CO/C(=C(/C)C(C)(C)C)c1cccc(OC)c1. The first-order valence-electron chi connectivity index (χ1n) is 5.80. The summed E-state index contributed by atoms with van der Waals surface area (Å²) in [4.78, 5) is 0. The molecule has 0 radical (unpaired) electrons. The molecule has 1 aromatic carbocycles. The van der Waals surface area contributed by atoms with Gasteiger partial charge in [-0.2, -0.15) is 0 Å². The third-order valence-electron chi connectivity index (χ3n) is 3.00. The molecule has 0 saturated carbocycles. The predicted molar refractivity (Wildman–Crippen MR) is 72.1 cm³/mol. The van der Waals surface area contributed by atoms with Crippen LogP contribution in [0.5, 0.6) is 5.75 Å². The smallest absolute Gasteiger partial charge is 0.125 e. The highest BCUT2D eigenvalue weighted by atomic mass is 16.5. The van der Waals surface area contributed by atoms with Gasteiger partial charge in [-0.25, -0.2) is 0 Å². The van der Waals surface area contributed by atoms with E-state index in [2.05, 4.69) is 27.7 Å². The molecular formula is C15H22O2. The molecule has 1 rings (SSSR count). The van der Waals surface area contributed by atoms with Gasteiger partial charge < -0.3 is 9.47 Å². The van der Waals surface area contributed by atoms with E-state index in [0.717, 1.165) is 17.1 Å². The average Bonchev–Trinajstić information content (AvgIpc) is 2.29. The van der Waals surface area contributed by atoms with Crippen molar-refractivity contribution in [1.82, 2.24) is 0 Å². The lowest BCUT2D eigenvalue weighted by Crippen LogP contribution is -2.10. The van der Waals surface area contributed by atoms with Crippen molar-refractivity contribution in [3.63, 3.8) is 0 Å². The molecule has 0 unspecified atom stereocenters. The molecule has 0 aliphatic carbocycles. The number of benzene rings is 1. The summed E-state index contributed by atoms with van der Waals surface area (Å²) < 4.78 is 10.8. The maximum Gasteiger partial charge on any atom is 0.125 e. The second-order valence-electron chi connectivity index (χ2n) is 5.14. The second-order valence-corrected chi connectivity index (χ2v) is 5.14. The Kier molecular flexibility index (Phi) is 4.22. The monoisotopic (exact) mass is 234 g/mol.